The van der Waals surface area contributed by atoms with E-state index in [9.17, 15) is 4.79 Å². The second kappa shape index (κ2) is 7.98. The molecule has 2 atom stereocenters. The predicted molar refractivity (Wildman–Crippen MR) is 81.4 cm³/mol. The molecule has 19 heavy (non-hydrogen) atoms. The minimum atomic E-state index is 0.174. The number of hydrogen-bond acceptors (Lipinski definition) is 1. The van der Waals surface area contributed by atoms with Crippen molar-refractivity contribution in [1.29, 1.82) is 0 Å². The fourth-order valence-electron chi connectivity index (χ4n) is 2.84. The van der Waals surface area contributed by atoms with E-state index in [-0.39, 0.29) is 5.91 Å². The number of benzene rings is 1. The van der Waals surface area contributed by atoms with Crippen molar-refractivity contribution in [3.63, 3.8) is 0 Å². The first-order chi connectivity index (χ1) is 9.26. The monoisotopic (exact) mass is 261 g/mol. The van der Waals surface area contributed by atoms with Crippen LogP contribution in [0, 0.1) is 0 Å². The molecule has 0 saturated heterocycles. The third kappa shape index (κ3) is 3.82. The van der Waals surface area contributed by atoms with E-state index in [1.807, 2.05) is 20.8 Å². The highest BCUT2D eigenvalue weighted by Gasteiger charge is 2.28. The Morgan fingerprint density at radius 3 is 2.58 bits per heavy atom. The Bertz CT molecular complexity index is 400. The summed E-state index contributed by atoms with van der Waals surface area (Å²) in [4.78, 5) is 11.5. The number of carbonyl (C=O) groups is 1. The van der Waals surface area contributed by atoms with Gasteiger partial charge < -0.3 is 5.32 Å². The molecule has 1 aliphatic rings. The van der Waals surface area contributed by atoms with Crippen molar-refractivity contribution in [3.05, 3.63) is 35.4 Å². The number of nitrogens with one attached hydrogen (secondary N) is 1. The highest BCUT2D eigenvalue weighted by Crippen LogP contribution is 2.33. The molecule has 106 valence electrons. The molecule has 1 aromatic rings. The van der Waals surface area contributed by atoms with Crippen LogP contribution in [0.1, 0.15) is 64.0 Å². The molecule has 1 aliphatic carbocycles. The molecule has 0 aromatic heterocycles. The van der Waals surface area contributed by atoms with E-state index in [1.165, 1.54) is 11.1 Å². The lowest BCUT2D eigenvalue weighted by atomic mass is 9.78. The fraction of sp³-hybridized carbons (Fsp3) is 0.588. The van der Waals surface area contributed by atoms with E-state index in [0.717, 1.165) is 19.3 Å². The van der Waals surface area contributed by atoms with Gasteiger partial charge in [-0.15, -0.1) is 0 Å². The molecule has 1 N–H and O–H groups in total. The lowest BCUT2D eigenvalue weighted by molar-refractivity contribution is -0.121. The molecule has 2 rings (SSSR count). The van der Waals surface area contributed by atoms with Crippen LogP contribution < -0.4 is 5.32 Å². The quantitative estimate of drug-likeness (QED) is 0.874. The Kier molecular flexibility index (Phi) is 6.61. The summed E-state index contributed by atoms with van der Waals surface area (Å²) >= 11 is 0. The first-order valence-electron chi connectivity index (χ1n) is 7.63. The standard InChI is InChI=1S/C15H21NO.C2H6/c1-3-12-13-8-6-5-7-11(13)9-10-14(12)16-15(17)4-2;1-2/h5-8,12,14H,3-4,9-10H2,1-2H3,(H,16,17);1-2H3. The molecular formula is C17H27NO. The van der Waals surface area contributed by atoms with Gasteiger partial charge in [0.05, 0.1) is 0 Å². The van der Waals surface area contributed by atoms with Gasteiger partial charge in [-0.2, -0.15) is 0 Å². The van der Waals surface area contributed by atoms with Gasteiger partial charge in [0.15, 0.2) is 0 Å². The van der Waals surface area contributed by atoms with Crippen molar-refractivity contribution in [2.45, 2.75) is 65.3 Å². The molecule has 1 aromatic carbocycles. The Hall–Kier alpha value is -1.31. The SMILES string of the molecule is CC.CCC(=O)NC1CCc2ccccc2C1CC. The molecule has 0 saturated carbocycles. The fourth-order valence-corrected chi connectivity index (χ4v) is 2.84. The molecule has 0 aliphatic heterocycles. The largest absolute Gasteiger partial charge is 0.353 e. The van der Waals surface area contributed by atoms with Crippen LogP contribution in [0.25, 0.3) is 0 Å². The number of carbonyl (C=O) groups excluding carboxylic acids is 1. The van der Waals surface area contributed by atoms with E-state index in [4.69, 9.17) is 0 Å². The van der Waals surface area contributed by atoms with Crippen LogP contribution in [-0.2, 0) is 11.2 Å². The van der Waals surface area contributed by atoms with Crippen LogP contribution in [0.4, 0.5) is 0 Å². The van der Waals surface area contributed by atoms with Crippen molar-refractivity contribution in [1.82, 2.24) is 5.32 Å². The summed E-state index contributed by atoms with van der Waals surface area (Å²) in [5, 5.41) is 3.17. The van der Waals surface area contributed by atoms with Crippen LogP contribution in [0.2, 0.25) is 0 Å². The summed E-state index contributed by atoms with van der Waals surface area (Å²) < 4.78 is 0. The molecule has 0 fully saturated rings. The van der Waals surface area contributed by atoms with Gasteiger partial charge in [0, 0.05) is 18.4 Å². The van der Waals surface area contributed by atoms with Crippen LogP contribution >= 0.6 is 0 Å². The van der Waals surface area contributed by atoms with E-state index in [1.54, 1.807) is 0 Å². The van der Waals surface area contributed by atoms with E-state index < -0.39 is 0 Å². The van der Waals surface area contributed by atoms with Crippen molar-refractivity contribution >= 4 is 5.91 Å². The van der Waals surface area contributed by atoms with Gasteiger partial charge >= 0.3 is 0 Å². The number of hydrogen-bond donors (Lipinski definition) is 1. The minimum absolute atomic E-state index is 0.174. The zero-order valence-electron chi connectivity index (χ0n) is 12.7. The van der Waals surface area contributed by atoms with Gasteiger partial charge in [0.1, 0.15) is 0 Å². The van der Waals surface area contributed by atoms with Crippen LogP contribution in [0.3, 0.4) is 0 Å². The van der Waals surface area contributed by atoms with Crippen molar-refractivity contribution in [2.75, 3.05) is 0 Å². The third-order valence-electron chi connectivity index (χ3n) is 3.77. The molecule has 0 radical (unpaired) electrons. The van der Waals surface area contributed by atoms with E-state index in [2.05, 4.69) is 36.5 Å². The number of fused-ring (bicyclic) bond motifs is 1. The predicted octanol–water partition coefficient (Wildman–Crippen LogP) is 4.05. The van der Waals surface area contributed by atoms with Crippen molar-refractivity contribution < 1.29 is 4.79 Å². The van der Waals surface area contributed by atoms with E-state index >= 15 is 0 Å². The van der Waals surface area contributed by atoms with Crippen LogP contribution in [0.5, 0.6) is 0 Å². The van der Waals surface area contributed by atoms with E-state index in [0.29, 0.717) is 18.4 Å². The van der Waals surface area contributed by atoms with Crippen molar-refractivity contribution in [2.24, 2.45) is 0 Å². The van der Waals surface area contributed by atoms with Gasteiger partial charge in [0.25, 0.3) is 0 Å². The highest BCUT2D eigenvalue weighted by molar-refractivity contribution is 5.76. The summed E-state index contributed by atoms with van der Waals surface area (Å²) in [7, 11) is 0. The minimum Gasteiger partial charge on any atom is -0.353 e. The lowest BCUT2D eigenvalue weighted by Gasteiger charge is -2.33. The maximum atomic E-state index is 11.5. The topological polar surface area (TPSA) is 29.1 Å². The smallest absolute Gasteiger partial charge is 0.219 e. The third-order valence-corrected chi connectivity index (χ3v) is 3.77. The Morgan fingerprint density at radius 1 is 1.26 bits per heavy atom. The first-order valence-corrected chi connectivity index (χ1v) is 7.63. The van der Waals surface area contributed by atoms with Crippen LogP contribution in [-0.4, -0.2) is 11.9 Å². The summed E-state index contributed by atoms with van der Waals surface area (Å²) in [6, 6.07) is 8.97. The lowest BCUT2D eigenvalue weighted by Crippen LogP contribution is -2.41. The molecule has 2 nitrogen and oxygen atoms in total. The zero-order chi connectivity index (χ0) is 14.3. The first kappa shape index (κ1) is 15.7. The van der Waals surface area contributed by atoms with Crippen LogP contribution in [0.15, 0.2) is 24.3 Å². The van der Waals surface area contributed by atoms with Gasteiger partial charge in [0.2, 0.25) is 5.91 Å². The molecule has 0 heterocycles. The summed E-state index contributed by atoms with van der Waals surface area (Å²) in [6.07, 6.45) is 3.82. The second-order valence-electron chi connectivity index (χ2n) is 4.78. The summed E-state index contributed by atoms with van der Waals surface area (Å²) in [6.45, 7) is 8.12. The molecule has 2 unspecified atom stereocenters. The molecule has 0 bridgehead atoms. The molecule has 1 amide bonds. The van der Waals surface area contributed by atoms with Gasteiger partial charge in [-0.25, -0.2) is 0 Å². The summed E-state index contributed by atoms with van der Waals surface area (Å²) in [5.41, 5.74) is 2.89. The maximum absolute atomic E-state index is 11.5. The summed E-state index contributed by atoms with van der Waals surface area (Å²) in [5.74, 6) is 0.656. The number of rotatable bonds is 3. The number of aryl methyl sites for hydroxylation is 1. The average molecular weight is 261 g/mol. The van der Waals surface area contributed by atoms with Gasteiger partial charge in [-0.05, 0) is 30.4 Å². The van der Waals surface area contributed by atoms with Gasteiger partial charge in [-0.3, -0.25) is 4.79 Å². The Morgan fingerprint density at radius 2 is 1.95 bits per heavy atom. The Balaban J connectivity index is 0.000000861. The zero-order valence-corrected chi connectivity index (χ0v) is 12.7. The molecular weight excluding hydrogens is 234 g/mol. The Labute approximate surface area is 117 Å². The maximum Gasteiger partial charge on any atom is 0.219 e. The van der Waals surface area contributed by atoms with Gasteiger partial charge in [-0.1, -0.05) is 52.0 Å². The molecule has 2 heteroatoms. The second-order valence-corrected chi connectivity index (χ2v) is 4.78. The number of amides is 1. The highest BCUT2D eigenvalue weighted by atomic mass is 16.1. The average Bonchev–Trinajstić information content (AvgIpc) is 2.49. The van der Waals surface area contributed by atoms with Crippen molar-refractivity contribution in [3.8, 4) is 0 Å². The normalized spacial score (nSPS) is 20.8. The molecule has 0 spiro atoms.